The molecule has 0 fully saturated rings. The molecule has 0 aliphatic rings. The van der Waals surface area contributed by atoms with Gasteiger partial charge in [-0.25, -0.2) is 0 Å². The van der Waals surface area contributed by atoms with Gasteiger partial charge >= 0.3 is 0 Å². The van der Waals surface area contributed by atoms with Crippen molar-refractivity contribution < 1.29 is 5.11 Å². The van der Waals surface area contributed by atoms with Crippen LogP contribution in [0.2, 0.25) is 0 Å². The molecule has 0 aliphatic heterocycles. The van der Waals surface area contributed by atoms with Gasteiger partial charge in [0.2, 0.25) is 0 Å². The monoisotopic (exact) mass is 283 g/mol. The molecule has 1 atom stereocenters. The van der Waals surface area contributed by atoms with Crippen molar-refractivity contribution in [3.63, 3.8) is 0 Å². The summed E-state index contributed by atoms with van der Waals surface area (Å²) in [6.07, 6.45) is 0.629. The summed E-state index contributed by atoms with van der Waals surface area (Å²) in [5.74, 6) is 0.660. The van der Waals surface area contributed by atoms with Gasteiger partial charge in [0.1, 0.15) is 0 Å². The smallest absolute Gasteiger partial charge is 0.0914 e. The third kappa shape index (κ3) is 5.33. The molecule has 2 aromatic rings. The van der Waals surface area contributed by atoms with E-state index < -0.39 is 6.10 Å². The Morgan fingerprint density at radius 1 is 0.905 bits per heavy atom. The molecule has 0 amide bonds. The Hall–Kier alpha value is -1.64. The van der Waals surface area contributed by atoms with E-state index in [2.05, 4.69) is 43.4 Å². The molecule has 2 N–H and O–H groups in total. The van der Waals surface area contributed by atoms with Crippen LogP contribution < -0.4 is 5.32 Å². The van der Waals surface area contributed by atoms with Gasteiger partial charge in [0.25, 0.3) is 0 Å². The van der Waals surface area contributed by atoms with Crippen LogP contribution >= 0.6 is 0 Å². The van der Waals surface area contributed by atoms with Crippen molar-refractivity contribution in [3.05, 3.63) is 71.3 Å². The summed E-state index contributed by atoms with van der Waals surface area (Å²) in [7, 11) is 0. The topological polar surface area (TPSA) is 32.3 Å². The van der Waals surface area contributed by atoms with E-state index in [4.69, 9.17) is 0 Å². The van der Waals surface area contributed by atoms with Crippen molar-refractivity contribution in [2.24, 2.45) is 5.92 Å². The maximum Gasteiger partial charge on any atom is 0.0914 e. The largest absolute Gasteiger partial charge is 0.387 e. The Kier molecular flexibility index (Phi) is 5.97. The van der Waals surface area contributed by atoms with Gasteiger partial charge in [-0.3, -0.25) is 0 Å². The molecule has 112 valence electrons. The standard InChI is InChI=1S/C19H25NO/c1-15(2)12-16-8-10-18(11-9-16)19(21)14-20-13-17-6-4-3-5-7-17/h3-11,15,19-21H,12-14H2,1-2H3. The molecule has 0 bridgehead atoms. The van der Waals surface area contributed by atoms with Crippen LogP contribution in [-0.2, 0) is 13.0 Å². The average molecular weight is 283 g/mol. The van der Waals surface area contributed by atoms with Crippen molar-refractivity contribution in [1.29, 1.82) is 0 Å². The van der Waals surface area contributed by atoms with Crippen molar-refractivity contribution in [1.82, 2.24) is 5.32 Å². The van der Waals surface area contributed by atoms with Gasteiger partial charge in [-0.2, -0.15) is 0 Å². The second kappa shape index (κ2) is 7.96. The normalized spacial score (nSPS) is 12.6. The lowest BCUT2D eigenvalue weighted by Gasteiger charge is -2.13. The molecule has 0 spiro atoms. The summed E-state index contributed by atoms with van der Waals surface area (Å²) >= 11 is 0. The highest BCUT2D eigenvalue weighted by Gasteiger charge is 2.07. The molecule has 0 saturated carbocycles. The van der Waals surface area contributed by atoms with E-state index in [1.807, 2.05) is 30.3 Å². The van der Waals surface area contributed by atoms with Gasteiger partial charge in [0.15, 0.2) is 0 Å². The summed E-state index contributed by atoms with van der Waals surface area (Å²) in [4.78, 5) is 0. The van der Waals surface area contributed by atoms with E-state index in [0.717, 1.165) is 18.5 Å². The molecule has 0 aromatic heterocycles. The second-order valence-electron chi connectivity index (χ2n) is 5.97. The zero-order chi connectivity index (χ0) is 15.1. The van der Waals surface area contributed by atoms with Crippen molar-refractivity contribution in [3.8, 4) is 0 Å². The highest BCUT2D eigenvalue weighted by atomic mass is 16.3. The van der Waals surface area contributed by atoms with Gasteiger partial charge in [0, 0.05) is 13.1 Å². The van der Waals surface area contributed by atoms with Gasteiger partial charge in [0.05, 0.1) is 6.10 Å². The minimum Gasteiger partial charge on any atom is -0.387 e. The molecule has 21 heavy (non-hydrogen) atoms. The number of aliphatic hydroxyl groups is 1. The first-order valence-corrected chi connectivity index (χ1v) is 7.66. The lowest BCUT2D eigenvalue weighted by molar-refractivity contribution is 0.174. The number of nitrogens with one attached hydrogen (secondary N) is 1. The molecular formula is C19H25NO. The summed E-state index contributed by atoms with van der Waals surface area (Å²) in [5, 5.41) is 13.5. The van der Waals surface area contributed by atoms with E-state index in [-0.39, 0.29) is 0 Å². The van der Waals surface area contributed by atoms with Crippen molar-refractivity contribution >= 4 is 0 Å². The average Bonchev–Trinajstić information content (AvgIpc) is 2.48. The fraction of sp³-hybridized carbons (Fsp3) is 0.368. The number of rotatable bonds is 7. The van der Waals surface area contributed by atoms with E-state index in [1.54, 1.807) is 0 Å². The molecule has 0 radical (unpaired) electrons. The minimum absolute atomic E-state index is 0.457. The van der Waals surface area contributed by atoms with Crippen LogP contribution in [0.25, 0.3) is 0 Å². The van der Waals surface area contributed by atoms with Gasteiger partial charge < -0.3 is 10.4 Å². The number of benzene rings is 2. The predicted octanol–water partition coefficient (Wildman–Crippen LogP) is 3.71. The zero-order valence-electron chi connectivity index (χ0n) is 12.9. The Balaban J connectivity index is 1.81. The van der Waals surface area contributed by atoms with Crippen LogP contribution in [0.1, 0.15) is 36.6 Å². The van der Waals surface area contributed by atoms with Crippen LogP contribution in [0.4, 0.5) is 0 Å². The fourth-order valence-corrected chi connectivity index (χ4v) is 2.41. The van der Waals surface area contributed by atoms with Gasteiger partial charge in [-0.15, -0.1) is 0 Å². The molecule has 2 aromatic carbocycles. The Morgan fingerprint density at radius 3 is 2.19 bits per heavy atom. The molecule has 0 heterocycles. The van der Waals surface area contributed by atoms with Crippen LogP contribution in [0, 0.1) is 5.92 Å². The van der Waals surface area contributed by atoms with Gasteiger partial charge in [-0.05, 0) is 29.0 Å². The lowest BCUT2D eigenvalue weighted by atomic mass is 10.0. The molecule has 2 nitrogen and oxygen atoms in total. The van der Waals surface area contributed by atoms with Crippen LogP contribution in [0.15, 0.2) is 54.6 Å². The zero-order valence-corrected chi connectivity index (χ0v) is 12.9. The minimum atomic E-state index is -0.457. The Bertz CT molecular complexity index is 519. The first-order chi connectivity index (χ1) is 10.1. The molecule has 0 saturated heterocycles. The number of hydrogen-bond acceptors (Lipinski definition) is 2. The Morgan fingerprint density at radius 2 is 1.57 bits per heavy atom. The number of aliphatic hydroxyl groups excluding tert-OH is 1. The van der Waals surface area contributed by atoms with E-state index >= 15 is 0 Å². The SMILES string of the molecule is CC(C)Cc1ccc(C(O)CNCc2ccccc2)cc1. The highest BCUT2D eigenvalue weighted by molar-refractivity contribution is 5.24. The first kappa shape index (κ1) is 15.7. The van der Waals surface area contributed by atoms with Crippen molar-refractivity contribution in [2.45, 2.75) is 32.9 Å². The molecule has 2 rings (SSSR count). The highest BCUT2D eigenvalue weighted by Crippen LogP contribution is 2.15. The lowest BCUT2D eigenvalue weighted by Crippen LogP contribution is -2.21. The molecular weight excluding hydrogens is 258 g/mol. The predicted molar refractivity (Wildman–Crippen MR) is 88.1 cm³/mol. The van der Waals surface area contributed by atoms with Crippen molar-refractivity contribution in [2.75, 3.05) is 6.54 Å². The first-order valence-electron chi connectivity index (χ1n) is 7.66. The van der Waals surface area contributed by atoms with Crippen LogP contribution in [0.3, 0.4) is 0 Å². The second-order valence-corrected chi connectivity index (χ2v) is 5.97. The summed E-state index contributed by atoms with van der Waals surface area (Å²) in [6.45, 7) is 5.79. The van der Waals surface area contributed by atoms with E-state index in [0.29, 0.717) is 12.5 Å². The maximum absolute atomic E-state index is 10.2. The van der Waals surface area contributed by atoms with E-state index in [9.17, 15) is 5.11 Å². The van der Waals surface area contributed by atoms with E-state index in [1.165, 1.54) is 11.1 Å². The summed E-state index contributed by atoms with van der Waals surface area (Å²) in [6, 6.07) is 18.5. The van der Waals surface area contributed by atoms with Crippen LogP contribution in [0.5, 0.6) is 0 Å². The Labute approximate surface area is 127 Å². The summed E-state index contributed by atoms with van der Waals surface area (Å²) in [5.41, 5.74) is 3.54. The maximum atomic E-state index is 10.2. The van der Waals surface area contributed by atoms with Crippen LogP contribution in [-0.4, -0.2) is 11.7 Å². The van der Waals surface area contributed by atoms with Gasteiger partial charge in [-0.1, -0.05) is 68.4 Å². The third-order valence-corrected chi connectivity index (χ3v) is 3.52. The number of hydrogen-bond donors (Lipinski definition) is 2. The molecule has 2 heteroatoms. The quantitative estimate of drug-likeness (QED) is 0.812. The fourth-order valence-electron chi connectivity index (χ4n) is 2.41. The molecule has 0 aliphatic carbocycles. The third-order valence-electron chi connectivity index (χ3n) is 3.52. The molecule has 1 unspecified atom stereocenters. The summed E-state index contributed by atoms with van der Waals surface area (Å²) < 4.78 is 0.